The summed E-state index contributed by atoms with van der Waals surface area (Å²) in [6.45, 7) is 7.59. The van der Waals surface area contributed by atoms with Gasteiger partial charge in [-0.3, -0.25) is 9.48 Å². The Morgan fingerprint density at radius 3 is 2.64 bits per heavy atom. The van der Waals surface area contributed by atoms with Crippen molar-refractivity contribution in [2.75, 3.05) is 45.8 Å². The molecule has 0 aliphatic carbocycles. The largest absolute Gasteiger partial charge is 0.337 e. The van der Waals surface area contributed by atoms with Crippen LogP contribution in [0, 0.1) is 5.92 Å². The summed E-state index contributed by atoms with van der Waals surface area (Å²) >= 11 is 0. The van der Waals surface area contributed by atoms with Gasteiger partial charge in [0.25, 0.3) is 5.91 Å². The lowest BCUT2D eigenvalue weighted by Gasteiger charge is -2.33. The van der Waals surface area contributed by atoms with Crippen LogP contribution in [0.1, 0.15) is 55.1 Å². The van der Waals surface area contributed by atoms with Crippen LogP contribution in [-0.2, 0) is 0 Å². The lowest BCUT2D eigenvalue weighted by molar-refractivity contribution is 0.0665. The molecule has 0 radical (unpaired) electrons. The van der Waals surface area contributed by atoms with Gasteiger partial charge in [0.15, 0.2) is 0 Å². The van der Waals surface area contributed by atoms with Gasteiger partial charge in [0.05, 0.1) is 6.04 Å². The highest BCUT2D eigenvalue weighted by atomic mass is 16.2. The van der Waals surface area contributed by atoms with Crippen LogP contribution < -0.4 is 5.32 Å². The van der Waals surface area contributed by atoms with E-state index in [0.29, 0.717) is 11.7 Å². The Labute approximate surface area is 150 Å². The minimum atomic E-state index is 0.113. The maximum atomic E-state index is 12.8. The van der Waals surface area contributed by atoms with Gasteiger partial charge in [0.2, 0.25) is 0 Å². The van der Waals surface area contributed by atoms with E-state index < -0.39 is 0 Å². The summed E-state index contributed by atoms with van der Waals surface area (Å²) < 4.78 is 1.99. The summed E-state index contributed by atoms with van der Waals surface area (Å²) in [7, 11) is 0. The number of carbonyl (C=O) groups excluding carboxylic acids is 1. The molecule has 1 N–H and O–H groups in total. The van der Waals surface area contributed by atoms with E-state index in [9.17, 15) is 4.79 Å². The quantitative estimate of drug-likeness (QED) is 0.903. The number of amides is 1. The molecule has 1 aromatic rings. The van der Waals surface area contributed by atoms with E-state index in [-0.39, 0.29) is 5.91 Å². The number of hydrogen-bond acceptors (Lipinski definition) is 4. The molecule has 0 saturated carbocycles. The van der Waals surface area contributed by atoms with Crippen molar-refractivity contribution in [3.63, 3.8) is 0 Å². The van der Waals surface area contributed by atoms with Crippen molar-refractivity contribution in [2.45, 2.75) is 44.6 Å². The number of nitrogens with one attached hydrogen (secondary N) is 1. The first kappa shape index (κ1) is 17.0. The van der Waals surface area contributed by atoms with Crippen LogP contribution in [0.4, 0.5) is 0 Å². The Bertz CT molecular complexity index is 566. The molecule has 0 bridgehead atoms. The number of likely N-dealkylation sites (tertiary alicyclic amines) is 2. The summed E-state index contributed by atoms with van der Waals surface area (Å²) in [5, 5.41) is 8.00. The average Bonchev–Trinajstić information content (AvgIpc) is 3.34. The summed E-state index contributed by atoms with van der Waals surface area (Å²) in [6, 6.07) is 2.29. The highest BCUT2D eigenvalue weighted by molar-refractivity contribution is 5.92. The summed E-state index contributed by atoms with van der Waals surface area (Å²) in [4.78, 5) is 17.4. The molecule has 3 aliphatic rings. The number of piperidine rings is 2. The first-order valence-electron chi connectivity index (χ1n) is 10.1. The zero-order valence-corrected chi connectivity index (χ0v) is 15.2. The molecule has 1 aromatic heterocycles. The van der Waals surface area contributed by atoms with Crippen LogP contribution in [0.3, 0.4) is 0 Å². The predicted molar refractivity (Wildman–Crippen MR) is 97.7 cm³/mol. The van der Waals surface area contributed by atoms with Crippen molar-refractivity contribution in [3.8, 4) is 0 Å². The Morgan fingerprint density at radius 1 is 1.12 bits per heavy atom. The first-order chi connectivity index (χ1) is 12.3. The number of rotatable bonds is 4. The number of carbonyl (C=O) groups is 1. The second kappa shape index (κ2) is 7.87. The van der Waals surface area contributed by atoms with Crippen LogP contribution in [0.2, 0.25) is 0 Å². The molecule has 0 aromatic carbocycles. The lowest BCUT2D eigenvalue weighted by Crippen LogP contribution is -2.41. The van der Waals surface area contributed by atoms with E-state index in [1.54, 1.807) is 0 Å². The van der Waals surface area contributed by atoms with Crippen LogP contribution in [-0.4, -0.2) is 71.3 Å². The van der Waals surface area contributed by atoms with Gasteiger partial charge in [-0.05, 0) is 70.1 Å². The first-order valence-corrected chi connectivity index (χ1v) is 10.1. The molecule has 3 aliphatic heterocycles. The highest BCUT2D eigenvalue weighted by Crippen LogP contribution is 2.22. The van der Waals surface area contributed by atoms with E-state index in [4.69, 9.17) is 0 Å². The van der Waals surface area contributed by atoms with Crippen molar-refractivity contribution in [2.24, 2.45) is 5.92 Å². The number of nitrogens with zero attached hydrogens (tertiary/aromatic N) is 4. The maximum Gasteiger partial charge on any atom is 0.274 e. The van der Waals surface area contributed by atoms with Crippen LogP contribution >= 0.6 is 0 Å². The van der Waals surface area contributed by atoms with Crippen molar-refractivity contribution in [1.82, 2.24) is 24.9 Å². The monoisotopic (exact) mass is 345 g/mol. The van der Waals surface area contributed by atoms with E-state index >= 15 is 0 Å². The second-order valence-electron chi connectivity index (χ2n) is 7.92. The smallest absolute Gasteiger partial charge is 0.274 e. The SMILES string of the molecule is O=C(c1ccn(C2CCCNC2)n1)N1CCC(CN2CCCC2)CC1. The minimum Gasteiger partial charge on any atom is -0.337 e. The highest BCUT2D eigenvalue weighted by Gasteiger charge is 2.27. The number of aromatic nitrogens is 2. The van der Waals surface area contributed by atoms with E-state index in [0.717, 1.165) is 51.4 Å². The van der Waals surface area contributed by atoms with Gasteiger partial charge in [-0.15, -0.1) is 0 Å². The molecule has 25 heavy (non-hydrogen) atoms. The van der Waals surface area contributed by atoms with Gasteiger partial charge in [-0.2, -0.15) is 5.10 Å². The maximum absolute atomic E-state index is 12.8. The van der Waals surface area contributed by atoms with Gasteiger partial charge < -0.3 is 15.1 Å². The molecule has 0 spiro atoms. The fraction of sp³-hybridized carbons (Fsp3) is 0.789. The van der Waals surface area contributed by atoms with Gasteiger partial charge in [-0.1, -0.05) is 0 Å². The van der Waals surface area contributed by atoms with Crippen molar-refractivity contribution in [3.05, 3.63) is 18.0 Å². The van der Waals surface area contributed by atoms with Crippen LogP contribution in [0.15, 0.2) is 12.3 Å². The predicted octanol–water partition coefficient (Wildman–Crippen LogP) is 1.76. The summed E-state index contributed by atoms with van der Waals surface area (Å²) in [5.41, 5.74) is 0.614. The average molecular weight is 345 g/mol. The Hall–Kier alpha value is -1.40. The molecule has 6 heteroatoms. The molecule has 1 unspecified atom stereocenters. The fourth-order valence-electron chi connectivity index (χ4n) is 4.53. The third-order valence-electron chi connectivity index (χ3n) is 6.09. The van der Waals surface area contributed by atoms with Crippen molar-refractivity contribution < 1.29 is 4.79 Å². The Balaban J connectivity index is 1.29. The van der Waals surface area contributed by atoms with Gasteiger partial charge in [0, 0.05) is 32.4 Å². The molecular formula is C19H31N5O. The van der Waals surface area contributed by atoms with Crippen molar-refractivity contribution in [1.29, 1.82) is 0 Å². The topological polar surface area (TPSA) is 53.4 Å². The van der Waals surface area contributed by atoms with E-state index in [1.807, 2.05) is 21.8 Å². The molecule has 3 saturated heterocycles. The molecule has 4 rings (SSSR count). The summed E-state index contributed by atoms with van der Waals surface area (Å²) in [5.74, 6) is 0.871. The lowest BCUT2D eigenvalue weighted by atomic mass is 9.96. The zero-order valence-electron chi connectivity index (χ0n) is 15.2. The zero-order chi connectivity index (χ0) is 17.1. The summed E-state index contributed by atoms with van der Waals surface area (Å²) in [6.07, 6.45) is 9.28. The fourth-order valence-corrected chi connectivity index (χ4v) is 4.53. The van der Waals surface area contributed by atoms with Crippen LogP contribution in [0.25, 0.3) is 0 Å². The minimum absolute atomic E-state index is 0.113. The Morgan fingerprint density at radius 2 is 1.92 bits per heavy atom. The molecule has 6 nitrogen and oxygen atoms in total. The Kier molecular flexibility index (Phi) is 5.36. The van der Waals surface area contributed by atoms with Gasteiger partial charge in [0.1, 0.15) is 5.69 Å². The van der Waals surface area contributed by atoms with Crippen molar-refractivity contribution >= 4 is 5.91 Å². The molecule has 1 amide bonds. The molecule has 138 valence electrons. The van der Waals surface area contributed by atoms with E-state index in [2.05, 4.69) is 15.3 Å². The molecular weight excluding hydrogens is 314 g/mol. The van der Waals surface area contributed by atoms with Crippen LogP contribution in [0.5, 0.6) is 0 Å². The van der Waals surface area contributed by atoms with E-state index in [1.165, 1.54) is 38.9 Å². The van der Waals surface area contributed by atoms with Gasteiger partial charge >= 0.3 is 0 Å². The number of hydrogen-bond donors (Lipinski definition) is 1. The normalized spacial score (nSPS) is 26.2. The third-order valence-corrected chi connectivity index (χ3v) is 6.09. The molecule has 3 fully saturated rings. The molecule has 4 heterocycles. The molecule has 1 atom stereocenters. The van der Waals surface area contributed by atoms with Gasteiger partial charge in [-0.25, -0.2) is 0 Å². The third kappa shape index (κ3) is 4.06. The standard InChI is InChI=1S/C19H31N5O/c25-19(18-7-13-24(21-18)17-4-3-8-20-14-17)23-11-5-16(6-12-23)15-22-9-1-2-10-22/h7,13,16-17,20H,1-6,8-12,14-15H2. The second-order valence-corrected chi connectivity index (χ2v) is 7.92.